The lowest BCUT2D eigenvalue weighted by Crippen LogP contribution is -2.25. The summed E-state index contributed by atoms with van der Waals surface area (Å²) in [5, 5.41) is 0. The average molecular weight is 361 g/mol. The fraction of sp³-hybridized carbons (Fsp3) is 0.474. The van der Waals surface area contributed by atoms with Crippen LogP contribution in [0.4, 0.5) is 5.69 Å². The maximum Gasteiger partial charge on any atom is 0.340 e. The van der Waals surface area contributed by atoms with Gasteiger partial charge in [-0.25, -0.2) is 4.79 Å². The van der Waals surface area contributed by atoms with Gasteiger partial charge in [-0.1, -0.05) is 0 Å². The predicted molar refractivity (Wildman–Crippen MR) is 94.1 cm³/mol. The molecule has 0 aromatic heterocycles. The minimum absolute atomic E-state index is 0.0254. The second kappa shape index (κ2) is 8.60. The molecule has 0 aliphatic carbocycles. The number of rotatable bonds is 1. The summed E-state index contributed by atoms with van der Waals surface area (Å²) in [5.74, 6) is -2.38. The van der Waals surface area contributed by atoms with Gasteiger partial charge in [0.05, 0.1) is 24.5 Å². The minimum atomic E-state index is -0.947. The van der Waals surface area contributed by atoms with Gasteiger partial charge in [-0.2, -0.15) is 0 Å². The Kier molecular flexibility index (Phi) is 6.49. The van der Waals surface area contributed by atoms with E-state index in [1.807, 2.05) is 0 Å². The van der Waals surface area contributed by atoms with E-state index in [4.69, 9.17) is 15.2 Å². The second-order valence-electron chi connectivity index (χ2n) is 6.39. The molecule has 0 bridgehead atoms. The lowest BCUT2D eigenvalue weighted by molar-refractivity contribution is -0.144. The Hall–Kier alpha value is -2.70. The molecule has 140 valence electrons. The number of fused-ring (bicyclic) bond motifs is 1. The minimum Gasteiger partial charge on any atom is -0.497 e. The molecule has 0 saturated heterocycles. The molecular weight excluding hydrogens is 338 g/mol. The second-order valence-corrected chi connectivity index (χ2v) is 6.39. The molecule has 2 N–H and O–H groups in total. The molecule has 26 heavy (non-hydrogen) atoms. The average Bonchev–Trinajstić information content (AvgIpc) is 2.59. The van der Waals surface area contributed by atoms with E-state index in [1.54, 1.807) is 19.1 Å². The van der Waals surface area contributed by atoms with Crippen molar-refractivity contribution in [1.82, 2.24) is 0 Å². The number of benzene rings is 1. The molecule has 2 rings (SSSR count). The molecule has 1 aromatic carbocycles. The lowest BCUT2D eigenvalue weighted by atomic mass is 9.96. The summed E-state index contributed by atoms with van der Waals surface area (Å²) in [4.78, 5) is 48.1. The van der Waals surface area contributed by atoms with Crippen LogP contribution in [0.1, 0.15) is 54.9 Å². The van der Waals surface area contributed by atoms with Gasteiger partial charge in [0.1, 0.15) is 5.75 Å². The van der Waals surface area contributed by atoms with Crippen molar-refractivity contribution in [2.24, 2.45) is 0 Å². The number of methoxy groups -OCH3 is 1. The number of hydrogen-bond acceptors (Lipinski definition) is 7. The molecule has 1 heterocycles. The van der Waals surface area contributed by atoms with Gasteiger partial charge >= 0.3 is 5.97 Å². The van der Waals surface area contributed by atoms with Crippen LogP contribution in [-0.2, 0) is 25.5 Å². The molecule has 0 spiro atoms. The zero-order valence-electron chi connectivity index (χ0n) is 15.0. The number of aryl methyl sites for hydroxylation is 1. The van der Waals surface area contributed by atoms with E-state index in [0.29, 0.717) is 37.0 Å². The molecular formula is C19H23NO6. The number of nitrogen functional groups attached to an aromatic ring is 1. The molecule has 7 heteroatoms. The lowest BCUT2D eigenvalue weighted by Gasteiger charge is -2.17. The number of nitrogens with two attached hydrogens (primary N) is 1. The van der Waals surface area contributed by atoms with Crippen molar-refractivity contribution in [2.45, 2.75) is 51.6 Å². The number of esters is 1. The van der Waals surface area contributed by atoms with E-state index in [2.05, 4.69) is 0 Å². The Labute approximate surface area is 151 Å². The van der Waals surface area contributed by atoms with E-state index in [0.717, 1.165) is 0 Å². The van der Waals surface area contributed by atoms with Gasteiger partial charge in [0.15, 0.2) is 0 Å². The molecule has 1 aromatic rings. The first kappa shape index (κ1) is 19.6. The molecule has 7 nitrogen and oxygen atoms in total. The Morgan fingerprint density at radius 2 is 1.69 bits per heavy atom. The molecule has 0 amide bonds. The van der Waals surface area contributed by atoms with Crippen molar-refractivity contribution in [3.63, 3.8) is 0 Å². The van der Waals surface area contributed by atoms with Crippen molar-refractivity contribution in [1.29, 1.82) is 0 Å². The molecule has 0 unspecified atom stereocenters. The summed E-state index contributed by atoms with van der Waals surface area (Å²) in [6.45, 7) is 1.71. The number of anilines is 1. The van der Waals surface area contributed by atoms with Gasteiger partial charge in [-0.05, 0) is 44.2 Å². The third-order valence-electron chi connectivity index (χ3n) is 4.34. The van der Waals surface area contributed by atoms with Crippen LogP contribution in [0.2, 0.25) is 0 Å². The summed E-state index contributed by atoms with van der Waals surface area (Å²) in [7, 11) is 1.48. The van der Waals surface area contributed by atoms with Crippen molar-refractivity contribution >= 4 is 29.0 Å². The van der Waals surface area contributed by atoms with Gasteiger partial charge in [-0.15, -0.1) is 0 Å². The van der Waals surface area contributed by atoms with E-state index in [9.17, 15) is 19.2 Å². The largest absolute Gasteiger partial charge is 0.497 e. The summed E-state index contributed by atoms with van der Waals surface area (Å²) in [5.41, 5.74) is 7.09. The smallest absolute Gasteiger partial charge is 0.340 e. The number of carbonyl (C=O) groups excluding carboxylic acids is 4. The van der Waals surface area contributed by atoms with Crippen molar-refractivity contribution in [2.75, 3.05) is 12.8 Å². The van der Waals surface area contributed by atoms with Crippen molar-refractivity contribution in [3.05, 3.63) is 23.3 Å². The van der Waals surface area contributed by atoms with Crippen LogP contribution in [0.15, 0.2) is 12.1 Å². The highest BCUT2D eigenvalue weighted by Gasteiger charge is 2.25. The van der Waals surface area contributed by atoms with Crippen LogP contribution < -0.4 is 10.5 Å². The summed E-state index contributed by atoms with van der Waals surface area (Å²) in [6, 6.07) is 3.21. The zero-order valence-corrected chi connectivity index (χ0v) is 15.0. The van der Waals surface area contributed by atoms with Crippen LogP contribution in [-0.4, -0.2) is 36.5 Å². The molecule has 1 atom stereocenters. The number of ether oxygens (including phenoxy) is 2. The first-order valence-corrected chi connectivity index (χ1v) is 8.61. The van der Waals surface area contributed by atoms with Crippen LogP contribution >= 0.6 is 0 Å². The predicted octanol–water partition coefficient (Wildman–Crippen LogP) is 2.04. The third-order valence-corrected chi connectivity index (χ3v) is 4.34. The summed E-state index contributed by atoms with van der Waals surface area (Å²) >= 11 is 0. The van der Waals surface area contributed by atoms with Gasteiger partial charge in [0.2, 0.25) is 11.6 Å². The standard InChI is InChI=1S/C19H23NO6/c1-11-5-3-7-15(21)18(23)16(22)8-4-6-12-9-13(25-2)10-14(20)17(12)19(24)26-11/h9-11H,3-8,20H2,1-2H3/t11-/m0/s1. The fourth-order valence-corrected chi connectivity index (χ4v) is 2.93. The maximum absolute atomic E-state index is 12.6. The number of carbonyl (C=O) groups is 4. The SMILES string of the molecule is COc1cc(N)c2c(c1)CCCC(=O)C(=O)C(=O)CCC[C@H](C)OC2=O. The van der Waals surface area contributed by atoms with Gasteiger partial charge in [0.25, 0.3) is 5.78 Å². The van der Waals surface area contributed by atoms with Crippen molar-refractivity contribution < 1.29 is 28.7 Å². The molecule has 0 radical (unpaired) electrons. The molecule has 1 aliphatic heterocycles. The topological polar surface area (TPSA) is 113 Å². The molecule has 0 fully saturated rings. The quantitative estimate of drug-likeness (QED) is 0.462. The van der Waals surface area contributed by atoms with Crippen molar-refractivity contribution in [3.8, 4) is 5.75 Å². The highest BCUT2D eigenvalue weighted by molar-refractivity contribution is 6.63. The van der Waals surface area contributed by atoms with E-state index < -0.39 is 29.4 Å². The van der Waals surface area contributed by atoms with Crippen LogP contribution in [0, 0.1) is 0 Å². The van der Waals surface area contributed by atoms with Gasteiger partial charge in [-0.3, -0.25) is 14.4 Å². The first-order chi connectivity index (χ1) is 12.3. The number of Topliss-reactive ketones (excluding diaryl/α,β-unsaturated/α-hetero) is 3. The highest BCUT2D eigenvalue weighted by atomic mass is 16.5. The van der Waals surface area contributed by atoms with E-state index in [1.165, 1.54) is 7.11 Å². The summed E-state index contributed by atoms with van der Waals surface area (Å²) in [6.07, 6.45) is 0.864. The number of cyclic esters (lactones) is 1. The van der Waals surface area contributed by atoms with Crippen LogP contribution in [0.5, 0.6) is 5.75 Å². The van der Waals surface area contributed by atoms with Gasteiger partial charge in [0, 0.05) is 18.9 Å². The molecule has 1 aliphatic rings. The summed E-state index contributed by atoms with van der Waals surface area (Å²) < 4.78 is 10.6. The third kappa shape index (κ3) is 4.68. The van der Waals surface area contributed by atoms with Gasteiger partial charge < -0.3 is 15.2 Å². The zero-order chi connectivity index (χ0) is 19.3. The van der Waals surface area contributed by atoms with E-state index in [-0.39, 0.29) is 24.1 Å². The monoisotopic (exact) mass is 361 g/mol. The first-order valence-electron chi connectivity index (χ1n) is 8.61. The fourth-order valence-electron chi connectivity index (χ4n) is 2.93. The van der Waals surface area contributed by atoms with E-state index >= 15 is 0 Å². The maximum atomic E-state index is 12.6. The van der Waals surface area contributed by atoms with Crippen LogP contribution in [0.3, 0.4) is 0 Å². The Balaban J connectivity index is 2.35. The Morgan fingerprint density at radius 3 is 2.35 bits per heavy atom. The number of hydrogen-bond donors (Lipinski definition) is 1. The molecule has 0 saturated carbocycles. The Bertz CT molecular complexity index is 740. The normalized spacial score (nSPS) is 20.2. The Morgan fingerprint density at radius 1 is 1.04 bits per heavy atom. The van der Waals surface area contributed by atoms with Crippen LogP contribution in [0.25, 0.3) is 0 Å². The number of ketones is 3. The highest BCUT2D eigenvalue weighted by Crippen LogP contribution is 2.27.